The second kappa shape index (κ2) is 11.0. The van der Waals surface area contributed by atoms with Crippen LogP contribution in [-0.4, -0.2) is 108 Å². The second-order valence-corrected chi connectivity index (χ2v) is 8.93. The SMILES string of the molecule is CN(C)CCNC(=O)N(C)C1CC(Oc2nc(N3CCOCC3)nc(-c3cnc(N)nc3)c2F)C1. The molecule has 35 heavy (non-hydrogen) atoms. The molecule has 13 heteroatoms. The molecule has 0 unspecified atom stereocenters. The third kappa shape index (κ3) is 6.03. The zero-order valence-corrected chi connectivity index (χ0v) is 20.3. The van der Waals surface area contributed by atoms with Gasteiger partial charge >= 0.3 is 6.03 Å². The summed E-state index contributed by atoms with van der Waals surface area (Å²) >= 11 is 0. The van der Waals surface area contributed by atoms with Gasteiger partial charge in [0.15, 0.2) is 0 Å². The normalized spacial score (nSPS) is 19.9. The first kappa shape index (κ1) is 24.8. The summed E-state index contributed by atoms with van der Waals surface area (Å²) in [4.78, 5) is 34.7. The summed E-state index contributed by atoms with van der Waals surface area (Å²) in [5.41, 5.74) is 6.00. The van der Waals surface area contributed by atoms with Gasteiger partial charge in [-0.1, -0.05) is 0 Å². The van der Waals surface area contributed by atoms with Crippen LogP contribution in [0.15, 0.2) is 12.4 Å². The molecule has 2 aromatic heterocycles. The summed E-state index contributed by atoms with van der Waals surface area (Å²) in [7, 11) is 5.66. The van der Waals surface area contributed by atoms with Crippen molar-refractivity contribution < 1.29 is 18.7 Å². The molecule has 3 heterocycles. The van der Waals surface area contributed by atoms with Crippen LogP contribution in [0.5, 0.6) is 5.88 Å². The highest BCUT2D eigenvalue weighted by Crippen LogP contribution is 2.33. The van der Waals surface area contributed by atoms with E-state index < -0.39 is 5.82 Å². The fourth-order valence-electron chi connectivity index (χ4n) is 3.83. The first-order valence-electron chi connectivity index (χ1n) is 11.6. The quantitative estimate of drug-likeness (QED) is 0.543. The van der Waals surface area contributed by atoms with Gasteiger partial charge in [0, 0.05) is 70.1 Å². The van der Waals surface area contributed by atoms with Crippen LogP contribution in [0.2, 0.25) is 0 Å². The molecule has 1 aliphatic carbocycles. The Morgan fingerprint density at radius 3 is 2.57 bits per heavy atom. The van der Waals surface area contributed by atoms with Gasteiger partial charge in [-0.15, -0.1) is 0 Å². The standard InChI is InChI=1S/C22H32FN9O3/c1-30(2)5-4-25-22(33)31(3)15-10-16(11-15)35-19-17(23)18(14-12-26-20(24)27-13-14)28-21(29-19)32-6-8-34-9-7-32/h12-13,15-16H,4-11H2,1-3H3,(H,25,33)(H2,24,26,27). The molecule has 2 aliphatic rings. The van der Waals surface area contributed by atoms with Gasteiger partial charge in [-0.25, -0.2) is 19.7 Å². The van der Waals surface area contributed by atoms with E-state index in [4.69, 9.17) is 15.2 Å². The molecule has 0 atom stereocenters. The maximum atomic E-state index is 15.5. The third-order valence-electron chi connectivity index (χ3n) is 6.10. The van der Waals surface area contributed by atoms with Crippen LogP contribution in [0, 0.1) is 5.82 Å². The maximum Gasteiger partial charge on any atom is 0.317 e. The van der Waals surface area contributed by atoms with Gasteiger partial charge in [-0.05, 0) is 14.1 Å². The van der Waals surface area contributed by atoms with Crippen molar-refractivity contribution in [3.63, 3.8) is 0 Å². The number of halogens is 1. The van der Waals surface area contributed by atoms with Crippen LogP contribution >= 0.6 is 0 Å². The molecule has 2 fully saturated rings. The zero-order valence-electron chi connectivity index (χ0n) is 20.3. The van der Waals surface area contributed by atoms with Crippen LogP contribution in [0.25, 0.3) is 11.3 Å². The average molecular weight is 490 g/mol. The number of anilines is 2. The molecule has 3 N–H and O–H groups in total. The van der Waals surface area contributed by atoms with Crippen LogP contribution in [-0.2, 0) is 4.74 Å². The van der Waals surface area contributed by atoms with Gasteiger partial charge in [0.05, 0.1) is 13.2 Å². The fourth-order valence-corrected chi connectivity index (χ4v) is 3.83. The van der Waals surface area contributed by atoms with Crippen molar-refractivity contribution in [1.29, 1.82) is 0 Å². The summed E-state index contributed by atoms with van der Waals surface area (Å²) < 4.78 is 26.8. The number of likely N-dealkylation sites (N-methyl/N-ethyl adjacent to an activating group) is 1. The van der Waals surface area contributed by atoms with Crippen molar-refractivity contribution in [1.82, 2.24) is 35.1 Å². The molecule has 2 amide bonds. The van der Waals surface area contributed by atoms with Crippen molar-refractivity contribution in [3.05, 3.63) is 18.2 Å². The molecule has 4 rings (SSSR count). The van der Waals surface area contributed by atoms with Gasteiger partial charge < -0.3 is 35.2 Å². The van der Waals surface area contributed by atoms with Crippen molar-refractivity contribution in [2.75, 3.05) is 71.2 Å². The maximum absolute atomic E-state index is 15.5. The van der Waals surface area contributed by atoms with E-state index in [9.17, 15) is 4.79 Å². The summed E-state index contributed by atoms with van der Waals surface area (Å²) in [6, 6.07) is -0.128. The molecular weight excluding hydrogens is 457 g/mol. The average Bonchev–Trinajstić information content (AvgIpc) is 2.82. The summed E-state index contributed by atoms with van der Waals surface area (Å²) in [5.74, 6) is -0.378. The summed E-state index contributed by atoms with van der Waals surface area (Å²) in [5, 5.41) is 2.90. The van der Waals surface area contributed by atoms with Crippen molar-refractivity contribution in [2.45, 2.75) is 25.0 Å². The molecule has 0 radical (unpaired) electrons. The Morgan fingerprint density at radius 2 is 1.91 bits per heavy atom. The molecule has 2 aromatic rings. The van der Waals surface area contributed by atoms with Crippen LogP contribution in [0.1, 0.15) is 12.8 Å². The molecular formula is C22H32FN9O3. The smallest absolute Gasteiger partial charge is 0.317 e. The number of aromatic nitrogens is 4. The van der Waals surface area contributed by atoms with Crippen LogP contribution in [0.3, 0.4) is 0 Å². The number of hydrogen-bond donors (Lipinski definition) is 2. The minimum absolute atomic E-state index is 0.00735. The lowest BCUT2D eigenvalue weighted by molar-refractivity contribution is 0.0377. The molecule has 190 valence electrons. The monoisotopic (exact) mass is 489 g/mol. The number of ether oxygens (including phenoxy) is 2. The first-order chi connectivity index (χ1) is 16.8. The fraction of sp³-hybridized carbons (Fsp3) is 0.591. The van der Waals surface area contributed by atoms with E-state index in [1.807, 2.05) is 23.9 Å². The van der Waals surface area contributed by atoms with E-state index in [0.717, 1.165) is 6.54 Å². The Hall–Kier alpha value is -3.32. The molecule has 1 saturated carbocycles. The number of carbonyl (C=O) groups excluding carboxylic acids is 1. The molecule has 12 nitrogen and oxygen atoms in total. The molecule has 0 bridgehead atoms. The Bertz CT molecular complexity index is 1010. The van der Waals surface area contributed by atoms with Crippen molar-refractivity contribution in [2.24, 2.45) is 0 Å². The highest BCUT2D eigenvalue weighted by molar-refractivity contribution is 5.74. The van der Waals surface area contributed by atoms with E-state index in [-0.39, 0.29) is 35.7 Å². The lowest BCUT2D eigenvalue weighted by Gasteiger charge is -2.40. The molecule has 0 aromatic carbocycles. The van der Waals surface area contributed by atoms with Gasteiger partial charge in [-0.2, -0.15) is 9.37 Å². The van der Waals surface area contributed by atoms with E-state index in [1.54, 1.807) is 11.9 Å². The predicted octanol–water partition coefficient (Wildman–Crippen LogP) is 0.604. The summed E-state index contributed by atoms with van der Waals surface area (Å²) in [6.07, 6.45) is 3.73. The molecule has 1 saturated heterocycles. The van der Waals surface area contributed by atoms with Crippen molar-refractivity contribution in [3.8, 4) is 17.1 Å². The zero-order chi connectivity index (χ0) is 24.9. The van der Waals surface area contributed by atoms with Gasteiger partial charge in [0.2, 0.25) is 17.7 Å². The van der Waals surface area contributed by atoms with E-state index >= 15 is 4.39 Å². The molecule has 0 spiro atoms. The highest BCUT2D eigenvalue weighted by atomic mass is 19.1. The Labute approximate surface area is 203 Å². The number of carbonyl (C=O) groups is 1. The van der Waals surface area contributed by atoms with E-state index in [2.05, 4.69) is 25.3 Å². The Balaban J connectivity index is 1.46. The minimum Gasteiger partial charge on any atom is -0.472 e. The van der Waals surface area contributed by atoms with Gasteiger partial charge in [0.1, 0.15) is 11.8 Å². The number of nitrogen functional groups attached to an aromatic ring is 1. The summed E-state index contributed by atoms with van der Waals surface area (Å²) in [6.45, 7) is 3.56. The number of amides is 2. The largest absolute Gasteiger partial charge is 0.472 e. The number of morpholine rings is 1. The van der Waals surface area contributed by atoms with E-state index in [0.29, 0.717) is 57.2 Å². The van der Waals surface area contributed by atoms with Gasteiger partial charge in [-0.3, -0.25) is 0 Å². The highest BCUT2D eigenvalue weighted by Gasteiger charge is 2.37. The lowest BCUT2D eigenvalue weighted by Crippen LogP contribution is -2.53. The third-order valence-corrected chi connectivity index (χ3v) is 6.10. The van der Waals surface area contributed by atoms with Crippen LogP contribution in [0.4, 0.5) is 21.1 Å². The minimum atomic E-state index is -0.686. The number of nitrogens with zero attached hydrogens (tertiary/aromatic N) is 7. The van der Waals surface area contributed by atoms with Gasteiger partial charge in [0.25, 0.3) is 5.88 Å². The first-order valence-corrected chi connectivity index (χ1v) is 11.6. The van der Waals surface area contributed by atoms with Crippen molar-refractivity contribution >= 4 is 17.9 Å². The number of nitrogens with one attached hydrogen (secondary N) is 1. The number of hydrogen-bond acceptors (Lipinski definition) is 10. The van der Waals surface area contributed by atoms with Crippen LogP contribution < -0.4 is 20.7 Å². The Morgan fingerprint density at radius 1 is 1.23 bits per heavy atom. The molecule has 1 aliphatic heterocycles. The number of nitrogens with two attached hydrogens (primary N) is 1. The van der Waals surface area contributed by atoms with E-state index in [1.165, 1.54) is 12.4 Å². The second-order valence-electron chi connectivity index (χ2n) is 8.93. The topological polar surface area (TPSA) is 135 Å². The lowest BCUT2D eigenvalue weighted by atomic mass is 9.88. The number of rotatable bonds is 8. The Kier molecular flexibility index (Phi) is 7.76. The predicted molar refractivity (Wildman–Crippen MR) is 128 cm³/mol. The number of urea groups is 1.